The van der Waals surface area contributed by atoms with Crippen LogP contribution in [0.25, 0.3) is 0 Å². The van der Waals surface area contributed by atoms with E-state index in [1.54, 1.807) is 7.11 Å². The number of nitriles is 1. The number of halogens is 1. The van der Waals surface area contributed by atoms with Gasteiger partial charge in [0.05, 0.1) is 13.2 Å². The smallest absolute Gasteiger partial charge is 0.133 e. The molecule has 1 aromatic rings. The maximum Gasteiger partial charge on any atom is 0.133 e. The number of piperazine rings is 1. The normalized spacial score (nSPS) is 17.8. The maximum atomic E-state index is 8.72. The van der Waals surface area contributed by atoms with Gasteiger partial charge in [-0.1, -0.05) is 6.07 Å². The van der Waals surface area contributed by atoms with Gasteiger partial charge in [-0.2, -0.15) is 5.26 Å². The molecule has 1 aliphatic rings. The molecule has 1 saturated heterocycles. The van der Waals surface area contributed by atoms with Crippen LogP contribution in [0.2, 0.25) is 0 Å². The number of nitrogens with zero attached hydrogens (tertiary/aromatic N) is 3. The summed E-state index contributed by atoms with van der Waals surface area (Å²) in [6, 6.07) is 10.2. The molecule has 1 fully saturated rings. The maximum absolute atomic E-state index is 8.72. The Bertz CT molecular complexity index is 452. The van der Waals surface area contributed by atoms with Crippen LogP contribution < -0.4 is 9.64 Å². The Kier molecular flexibility index (Phi) is 4.89. The Labute approximate surface area is 119 Å². The van der Waals surface area contributed by atoms with E-state index < -0.39 is 5.38 Å². The Balaban J connectivity index is 1.90. The van der Waals surface area contributed by atoms with E-state index in [-0.39, 0.29) is 0 Å². The minimum absolute atomic E-state index is 0.414. The molecule has 2 rings (SSSR count). The van der Waals surface area contributed by atoms with Crippen molar-refractivity contribution in [3.8, 4) is 11.8 Å². The lowest BCUT2D eigenvalue weighted by atomic mass is 10.2. The monoisotopic (exact) mass is 279 g/mol. The summed E-state index contributed by atoms with van der Waals surface area (Å²) in [7, 11) is 1.68. The first kappa shape index (κ1) is 14.0. The molecule has 0 bridgehead atoms. The lowest BCUT2D eigenvalue weighted by Gasteiger charge is -2.36. The summed E-state index contributed by atoms with van der Waals surface area (Å²) in [6.45, 7) is 4.40. The van der Waals surface area contributed by atoms with Gasteiger partial charge in [0.1, 0.15) is 11.1 Å². The molecule has 4 nitrogen and oxygen atoms in total. The molecular weight excluding hydrogens is 262 g/mol. The molecule has 1 heterocycles. The van der Waals surface area contributed by atoms with Crippen LogP contribution >= 0.6 is 11.6 Å². The third-order valence-corrected chi connectivity index (χ3v) is 3.58. The zero-order chi connectivity index (χ0) is 13.7. The van der Waals surface area contributed by atoms with Crippen LogP contribution in [-0.4, -0.2) is 50.1 Å². The molecule has 0 amide bonds. The number of hydrogen-bond donors (Lipinski definition) is 0. The molecule has 5 heteroatoms. The van der Waals surface area contributed by atoms with Gasteiger partial charge in [0.25, 0.3) is 0 Å². The van der Waals surface area contributed by atoms with Crippen LogP contribution in [0.1, 0.15) is 0 Å². The van der Waals surface area contributed by atoms with Crippen LogP contribution in [0.15, 0.2) is 24.3 Å². The van der Waals surface area contributed by atoms with E-state index in [2.05, 4.69) is 28.0 Å². The standard InChI is InChI=1S/C14H18ClN3O/c1-19-14-4-2-3-13(9-14)18-7-5-17(6-8-18)11-12(15)10-16/h2-4,9,12H,5-8,11H2,1H3. The second kappa shape index (κ2) is 6.65. The highest BCUT2D eigenvalue weighted by molar-refractivity contribution is 6.22. The number of rotatable bonds is 4. The highest BCUT2D eigenvalue weighted by Crippen LogP contribution is 2.22. The predicted molar refractivity (Wildman–Crippen MR) is 76.9 cm³/mol. The summed E-state index contributed by atoms with van der Waals surface area (Å²) in [5, 5.41) is 8.31. The molecule has 0 saturated carbocycles. The Morgan fingerprint density at radius 2 is 2.11 bits per heavy atom. The van der Waals surface area contributed by atoms with Gasteiger partial charge >= 0.3 is 0 Å². The quantitative estimate of drug-likeness (QED) is 0.790. The van der Waals surface area contributed by atoms with Crippen molar-refractivity contribution < 1.29 is 4.74 Å². The molecule has 0 spiro atoms. The van der Waals surface area contributed by atoms with E-state index in [0.717, 1.165) is 31.9 Å². The first-order chi connectivity index (χ1) is 9.22. The summed E-state index contributed by atoms with van der Waals surface area (Å²) >= 11 is 5.86. The van der Waals surface area contributed by atoms with Crippen molar-refractivity contribution in [3.05, 3.63) is 24.3 Å². The summed E-state index contributed by atoms with van der Waals surface area (Å²) in [5.74, 6) is 0.880. The number of alkyl halides is 1. The largest absolute Gasteiger partial charge is 0.497 e. The van der Waals surface area contributed by atoms with Gasteiger partial charge in [-0.3, -0.25) is 4.90 Å². The summed E-state index contributed by atoms with van der Waals surface area (Å²) < 4.78 is 5.24. The minimum atomic E-state index is -0.414. The van der Waals surface area contributed by atoms with Crippen LogP contribution in [0, 0.1) is 11.3 Å². The fourth-order valence-electron chi connectivity index (χ4n) is 2.26. The second-order valence-electron chi connectivity index (χ2n) is 4.59. The number of anilines is 1. The third-order valence-electron chi connectivity index (χ3n) is 3.35. The van der Waals surface area contributed by atoms with E-state index in [4.69, 9.17) is 21.6 Å². The molecule has 1 atom stereocenters. The van der Waals surface area contributed by atoms with Crippen molar-refractivity contribution in [2.75, 3.05) is 44.7 Å². The highest BCUT2D eigenvalue weighted by Gasteiger charge is 2.19. The fourth-order valence-corrected chi connectivity index (χ4v) is 2.46. The number of hydrogen-bond acceptors (Lipinski definition) is 4. The first-order valence-electron chi connectivity index (χ1n) is 6.38. The van der Waals surface area contributed by atoms with Gasteiger partial charge in [0, 0.05) is 44.5 Å². The molecule has 0 N–H and O–H groups in total. The summed E-state index contributed by atoms with van der Waals surface area (Å²) in [5.41, 5.74) is 1.18. The van der Waals surface area contributed by atoms with Gasteiger partial charge in [-0.05, 0) is 12.1 Å². The van der Waals surface area contributed by atoms with Crippen molar-refractivity contribution in [2.24, 2.45) is 0 Å². The SMILES string of the molecule is COc1cccc(N2CCN(CC(Cl)C#N)CC2)c1. The van der Waals surface area contributed by atoms with Gasteiger partial charge in [0.2, 0.25) is 0 Å². The second-order valence-corrected chi connectivity index (χ2v) is 5.11. The number of ether oxygens (including phenoxy) is 1. The van der Waals surface area contributed by atoms with E-state index in [9.17, 15) is 0 Å². The van der Waals surface area contributed by atoms with Crippen molar-refractivity contribution in [1.82, 2.24) is 4.90 Å². The Hall–Kier alpha value is -1.44. The van der Waals surface area contributed by atoms with E-state index in [1.807, 2.05) is 12.1 Å². The molecule has 0 aromatic heterocycles. The van der Waals surface area contributed by atoms with E-state index in [1.165, 1.54) is 5.69 Å². The molecule has 0 aliphatic carbocycles. The van der Waals surface area contributed by atoms with Crippen molar-refractivity contribution in [3.63, 3.8) is 0 Å². The fraction of sp³-hybridized carbons (Fsp3) is 0.500. The lowest BCUT2D eigenvalue weighted by Crippen LogP contribution is -2.47. The van der Waals surface area contributed by atoms with Gasteiger partial charge < -0.3 is 9.64 Å². The predicted octanol–water partition coefficient (Wildman–Crippen LogP) is 1.95. The van der Waals surface area contributed by atoms with Gasteiger partial charge in [0.15, 0.2) is 0 Å². The molecule has 1 unspecified atom stereocenters. The summed E-state index contributed by atoms with van der Waals surface area (Å²) in [6.07, 6.45) is 0. The zero-order valence-electron chi connectivity index (χ0n) is 11.1. The average molecular weight is 280 g/mol. The minimum Gasteiger partial charge on any atom is -0.497 e. The third kappa shape index (κ3) is 3.76. The van der Waals surface area contributed by atoms with Gasteiger partial charge in [-0.15, -0.1) is 11.6 Å². The van der Waals surface area contributed by atoms with Gasteiger partial charge in [-0.25, -0.2) is 0 Å². The van der Waals surface area contributed by atoms with Crippen molar-refractivity contribution in [2.45, 2.75) is 5.38 Å². The highest BCUT2D eigenvalue weighted by atomic mass is 35.5. The van der Waals surface area contributed by atoms with Crippen LogP contribution in [-0.2, 0) is 0 Å². The lowest BCUT2D eigenvalue weighted by molar-refractivity contribution is 0.265. The Morgan fingerprint density at radius 1 is 1.37 bits per heavy atom. The molecule has 1 aromatic carbocycles. The van der Waals surface area contributed by atoms with Crippen LogP contribution in [0.3, 0.4) is 0 Å². The molecule has 102 valence electrons. The molecular formula is C14H18ClN3O. The van der Waals surface area contributed by atoms with Crippen LogP contribution in [0.5, 0.6) is 5.75 Å². The number of methoxy groups -OCH3 is 1. The zero-order valence-corrected chi connectivity index (χ0v) is 11.8. The molecule has 0 radical (unpaired) electrons. The summed E-state index contributed by atoms with van der Waals surface area (Å²) in [4.78, 5) is 4.56. The van der Waals surface area contributed by atoms with E-state index in [0.29, 0.717) is 6.54 Å². The topological polar surface area (TPSA) is 39.5 Å². The number of benzene rings is 1. The van der Waals surface area contributed by atoms with Crippen molar-refractivity contribution in [1.29, 1.82) is 5.26 Å². The van der Waals surface area contributed by atoms with Crippen molar-refractivity contribution >= 4 is 17.3 Å². The molecule has 19 heavy (non-hydrogen) atoms. The average Bonchev–Trinajstić information content (AvgIpc) is 2.48. The first-order valence-corrected chi connectivity index (χ1v) is 6.81. The van der Waals surface area contributed by atoms with E-state index >= 15 is 0 Å². The Morgan fingerprint density at radius 3 is 2.74 bits per heavy atom. The van der Waals surface area contributed by atoms with Crippen LogP contribution in [0.4, 0.5) is 5.69 Å². The molecule has 1 aliphatic heterocycles.